The fourth-order valence-corrected chi connectivity index (χ4v) is 4.95. The number of nitrogens with one attached hydrogen (secondary N) is 1. The molecule has 2 amide bonds. The van der Waals surface area contributed by atoms with E-state index in [4.69, 9.17) is 16.3 Å². The monoisotopic (exact) mass is 518 g/mol. The minimum atomic E-state index is -0.666. The third kappa shape index (κ3) is 8.09. The first kappa shape index (κ1) is 26.7. The molecule has 5 nitrogen and oxygen atoms in total. The zero-order valence-electron chi connectivity index (χ0n) is 21.4. The highest BCUT2D eigenvalue weighted by Crippen LogP contribution is 2.21. The standard InChI is InChI=1S/C31H35ClN2O3/c1-23-15-17-25(18-16-23)21-34(30(35)22-37-28-14-8-11-26(32)20-28)29(19-24-9-4-2-5-10-24)31(36)33-27-12-6-3-7-13-27/h2,4-5,8-11,14-18,20,27,29H,3,6-7,12-13,19,21-22H2,1H3,(H,33,36)/t29-/m0/s1. The van der Waals surface area contributed by atoms with Crippen LogP contribution >= 0.6 is 11.6 Å². The predicted molar refractivity (Wildman–Crippen MR) is 148 cm³/mol. The minimum absolute atomic E-state index is 0.112. The Hall–Kier alpha value is -3.31. The maximum Gasteiger partial charge on any atom is 0.261 e. The Balaban J connectivity index is 1.60. The number of hydrogen-bond donors (Lipinski definition) is 1. The Morgan fingerprint density at radius 2 is 1.68 bits per heavy atom. The minimum Gasteiger partial charge on any atom is -0.484 e. The van der Waals surface area contributed by atoms with Crippen LogP contribution in [0.5, 0.6) is 5.75 Å². The van der Waals surface area contributed by atoms with Gasteiger partial charge in [0.25, 0.3) is 5.91 Å². The quantitative estimate of drug-likeness (QED) is 0.352. The average Bonchev–Trinajstić information content (AvgIpc) is 2.91. The Kier molecular flexibility index (Phi) is 9.61. The number of hydrogen-bond acceptors (Lipinski definition) is 3. The second kappa shape index (κ2) is 13.3. The zero-order valence-corrected chi connectivity index (χ0v) is 22.1. The summed E-state index contributed by atoms with van der Waals surface area (Å²) in [5.41, 5.74) is 3.11. The molecule has 0 heterocycles. The maximum absolute atomic E-state index is 13.8. The largest absolute Gasteiger partial charge is 0.484 e. The SMILES string of the molecule is Cc1ccc(CN(C(=O)COc2cccc(Cl)c2)[C@@H](Cc2ccccc2)C(=O)NC2CCCCC2)cc1. The number of amides is 2. The predicted octanol–water partition coefficient (Wildman–Crippen LogP) is 6.12. The van der Waals surface area contributed by atoms with Crippen molar-refractivity contribution in [2.45, 2.75) is 64.1 Å². The number of aryl methyl sites for hydroxylation is 1. The van der Waals surface area contributed by atoms with Crippen molar-refractivity contribution >= 4 is 23.4 Å². The zero-order chi connectivity index (χ0) is 26.0. The van der Waals surface area contributed by atoms with Gasteiger partial charge in [-0.05, 0) is 49.1 Å². The fourth-order valence-electron chi connectivity index (χ4n) is 4.77. The Labute approximate surface area is 224 Å². The molecule has 6 heteroatoms. The van der Waals surface area contributed by atoms with Gasteiger partial charge in [-0.3, -0.25) is 9.59 Å². The summed E-state index contributed by atoms with van der Waals surface area (Å²) in [7, 11) is 0. The van der Waals surface area contributed by atoms with Gasteiger partial charge in [0.1, 0.15) is 11.8 Å². The molecule has 0 bridgehead atoms. The summed E-state index contributed by atoms with van der Waals surface area (Å²) in [6, 6.07) is 24.4. The van der Waals surface area contributed by atoms with Crippen LogP contribution in [0.4, 0.5) is 0 Å². The lowest BCUT2D eigenvalue weighted by Gasteiger charge is -2.33. The third-order valence-electron chi connectivity index (χ3n) is 6.85. The van der Waals surface area contributed by atoms with Gasteiger partial charge < -0.3 is 15.0 Å². The van der Waals surface area contributed by atoms with Crippen molar-refractivity contribution < 1.29 is 14.3 Å². The van der Waals surface area contributed by atoms with E-state index in [0.717, 1.165) is 42.4 Å². The van der Waals surface area contributed by atoms with Gasteiger partial charge in [0, 0.05) is 24.0 Å². The number of nitrogens with zero attached hydrogens (tertiary/aromatic N) is 1. The van der Waals surface area contributed by atoms with Crippen molar-refractivity contribution in [2.75, 3.05) is 6.61 Å². The topological polar surface area (TPSA) is 58.6 Å². The summed E-state index contributed by atoms with van der Waals surface area (Å²) in [5.74, 6) is 0.154. The lowest BCUT2D eigenvalue weighted by molar-refractivity contribution is -0.143. The van der Waals surface area contributed by atoms with Crippen LogP contribution in [-0.4, -0.2) is 35.4 Å². The summed E-state index contributed by atoms with van der Waals surface area (Å²) in [5, 5.41) is 3.80. The molecule has 0 unspecified atom stereocenters. The summed E-state index contributed by atoms with van der Waals surface area (Å²) in [6.07, 6.45) is 5.83. The molecule has 3 aromatic rings. The van der Waals surface area contributed by atoms with E-state index >= 15 is 0 Å². The van der Waals surface area contributed by atoms with Crippen molar-refractivity contribution in [3.8, 4) is 5.75 Å². The molecule has 0 spiro atoms. The summed E-state index contributed by atoms with van der Waals surface area (Å²) < 4.78 is 5.81. The summed E-state index contributed by atoms with van der Waals surface area (Å²) >= 11 is 6.09. The maximum atomic E-state index is 13.8. The number of carbonyl (C=O) groups excluding carboxylic acids is 2. The van der Waals surface area contributed by atoms with Crippen LogP contribution in [0.1, 0.15) is 48.8 Å². The molecular weight excluding hydrogens is 484 g/mol. The van der Waals surface area contributed by atoms with E-state index in [1.165, 1.54) is 6.42 Å². The van der Waals surface area contributed by atoms with E-state index in [0.29, 0.717) is 23.7 Å². The normalized spacial score (nSPS) is 14.5. The molecule has 4 rings (SSSR count). The Bertz CT molecular complexity index is 1160. The van der Waals surface area contributed by atoms with Gasteiger partial charge in [-0.15, -0.1) is 0 Å². The van der Waals surface area contributed by atoms with E-state index < -0.39 is 6.04 Å². The third-order valence-corrected chi connectivity index (χ3v) is 7.09. The smallest absolute Gasteiger partial charge is 0.261 e. The van der Waals surface area contributed by atoms with Crippen molar-refractivity contribution in [3.05, 3.63) is 101 Å². The van der Waals surface area contributed by atoms with Gasteiger partial charge in [0.05, 0.1) is 0 Å². The van der Waals surface area contributed by atoms with Crippen molar-refractivity contribution in [1.82, 2.24) is 10.2 Å². The molecule has 0 saturated heterocycles. The highest BCUT2D eigenvalue weighted by atomic mass is 35.5. The van der Waals surface area contributed by atoms with E-state index in [9.17, 15) is 9.59 Å². The molecule has 3 aromatic carbocycles. The Morgan fingerprint density at radius 3 is 2.38 bits per heavy atom. The van der Waals surface area contributed by atoms with Crippen LogP contribution < -0.4 is 10.1 Å². The van der Waals surface area contributed by atoms with Crippen LogP contribution in [0.3, 0.4) is 0 Å². The van der Waals surface area contributed by atoms with E-state index in [-0.39, 0.29) is 24.5 Å². The number of benzene rings is 3. The molecule has 1 aliphatic carbocycles. The number of carbonyl (C=O) groups is 2. The van der Waals surface area contributed by atoms with Gasteiger partial charge >= 0.3 is 0 Å². The second-order valence-corrected chi connectivity index (χ2v) is 10.2. The van der Waals surface area contributed by atoms with Crippen molar-refractivity contribution in [1.29, 1.82) is 0 Å². The molecule has 1 aliphatic rings. The van der Waals surface area contributed by atoms with Crippen LogP contribution in [0.25, 0.3) is 0 Å². The second-order valence-electron chi connectivity index (χ2n) is 9.80. The molecule has 1 N–H and O–H groups in total. The van der Waals surface area contributed by atoms with Crippen LogP contribution in [0.15, 0.2) is 78.9 Å². The molecule has 37 heavy (non-hydrogen) atoms. The van der Waals surface area contributed by atoms with Gasteiger partial charge in [-0.25, -0.2) is 0 Å². The van der Waals surface area contributed by atoms with Crippen molar-refractivity contribution in [2.24, 2.45) is 0 Å². The molecule has 1 saturated carbocycles. The summed E-state index contributed by atoms with van der Waals surface area (Å²) in [4.78, 5) is 29.1. The van der Waals surface area contributed by atoms with Crippen LogP contribution in [0, 0.1) is 6.92 Å². The lowest BCUT2D eigenvalue weighted by Crippen LogP contribution is -2.53. The molecule has 0 aliphatic heterocycles. The van der Waals surface area contributed by atoms with E-state index in [1.807, 2.05) is 61.5 Å². The number of halogens is 1. The van der Waals surface area contributed by atoms with Crippen LogP contribution in [0.2, 0.25) is 5.02 Å². The molecule has 0 aromatic heterocycles. The highest BCUT2D eigenvalue weighted by Gasteiger charge is 2.32. The van der Waals surface area contributed by atoms with Gasteiger partial charge in [-0.1, -0.05) is 97.1 Å². The van der Waals surface area contributed by atoms with Crippen molar-refractivity contribution in [3.63, 3.8) is 0 Å². The summed E-state index contributed by atoms with van der Waals surface area (Å²) in [6.45, 7) is 2.16. The van der Waals surface area contributed by atoms with E-state index in [2.05, 4.69) is 5.32 Å². The van der Waals surface area contributed by atoms with Gasteiger partial charge in [-0.2, -0.15) is 0 Å². The molecule has 1 fully saturated rings. The number of ether oxygens (including phenoxy) is 1. The lowest BCUT2D eigenvalue weighted by atomic mass is 9.94. The van der Waals surface area contributed by atoms with Gasteiger partial charge in [0.2, 0.25) is 5.91 Å². The molecule has 194 valence electrons. The first-order valence-corrected chi connectivity index (χ1v) is 13.4. The molecule has 1 atom stereocenters. The average molecular weight is 519 g/mol. The number of rotatable bonds is 10. The molecule has 0 radical (unpaired) electrons. The Morgan fingerprint density at radius 1 is 0.946 bits per heavy atom. The first-order valence-electron chi connectivity index (χ1n) is 13.1. The van der Waals surface area contributed by atoms with Gasteiger partial charge in [0.15, 0.2) is 6.61 Å². The molecular formula is C31H35ClN2O3. The fraction of sp³-hybridized carbons (Fsp3) is 0.355. The first-order chi connectivity index (χ1) is 18.0. The highest BCUT2D eigenvalue weighted by molar-refractivity contribution is 6.30. The van der Waals surface area contributed by atoms with Crippen LogP contribution in [-0.2, 0) is 22.6 Å². The van der Waals surface area contributed by atoms with E-state index in [1.54, 1.807) is 29.2 Å².